The fourth-order valence-electron chi connectivity index (χ4n) is 5.49. The van der Waals surface area contributed by atoms with Gasteiger partial charge in [0.15, 0.2) is 0 Å². The zero-order valence-electron chi connectivity index (χ0n) is 30.4. The average Bonchev–Trinajstić information content (AvgIpc) is 3.10. The Morgan fingerprint density at radius 2 is 1.21 bits per heavy atom. The Kier molecular flexibility index (Phi) is 13.9. The van der Waals surface area contributed by atoms with Gasteiger partial charge >= 0.3 is 59.1 Å². The number of nitrogens with two attached hydrogens (primary N) is 3. The molecule has 0 amide bonds. The van der Waals surface area contributed by atoms with E-state index in [9.17, 15) is 30.7 Å². The van der Waals surface area contributed by atoms with Crippen LogP contribution >= 0.6 is 0 Å². The number of azo groups is 2. The fraction of sp³-hybridized carbons (Fsp3) is 0.0556. The standard InChI is InChI=1S/C36H31N9O7S2.2Na/c1-19-14-21(8-11-27(19)41-43-29-13-10-24(37)18-26(29)38)22-9-12-28(20(2)15-22)42-44-34-30(53(47,48)49)16-23-17-31(54(50,51)52)35(36(46)32(23)33(34)39)45-40-25-6-4-3-5-7-25;;/h3-18,40H,37-39H2,1-2H3,(H,47,48,49)(H,50,51,52);;/q;2*+1/p-2/b43-41?,44-42?,45-35+;;. The van der Waals surface area contributed by atoms with Gasteiger partial charge in [-0.1, -0.05) is 30.3 Å². The molecular weight excluding hydrogens is 781 g/mol. The third-order valence-electron chi connectivity index (χ3n) is 8.21. The number of hydrogen-bond acceptors (Lipinski definition) is 16. The largest absolute Gasteiger partial charge is 1.00 e. The summed E-state index contributed by atoms with van der Waals surface area (Å²) in [6.07, 6.45) is 0.728. The molecule has 0 aromatic heterocycles. The van der Waals surface area contributed by atoms with Crippen LogP contribution in [0.25, 0.3) is 17.2 Å². The van der Waals surface area contributed by atoms with Gasteiger partial charge in [0.2, 0.25) is 5.78 Å². The van der Waals surface area contributed by atoms with E-state index in [0.717, 1.165) is 28.8 Å². The van der Waals surface area contributed by atoms with E-state index in [2.05, 4.69) is 31.0 Å². The number of nitrogen functional groups attached to an aromatic ring is 3. The third-order valence-corrected chi connectivity index (χ3v) is 9.91. The summed E-state index contributed by atoms with van der Waals surface area (Å²) in [5.74, 6) is -1.13. The van der Waals surface area contributed by atoms with E-state index in [0.29, 0.717) is 34.0 Å². The molecule has 0 saturated carbocycles. The number of hydrazone groups is 1. The van der Waals surface area contributed by atoms with Crippen molar-refractivity contribution in [2.24, 2.45) is 25.6 Å². The molecule has 0 fully saturated rings. The molecule has 7 N–H and O–H groups in total. The van der Waals surface area contributed by atoms with Gasteiger partial charge in [-0.15, -0.1) is 10.2 Å². The first-order valence-electron chi connectivity index (χ1n) is 15.7. The molecule has 6 rings (SSSR count). The van der Waals surface area contributed by atoms with Crippen molar-refractivity contribution in [3.8, 4) is 11.1 Å². The molecule has 0 heterocycles. The van der Waals surface area contributed by atoms with Gasteiger partial charge in [-0.2, -0.15) is 15.3 Å². The summed E-state index contributed by atoms with van der Waals surface area (Å²) in [5, 5.41) is 20.5. The van der Waals surface area contributed by atoms with Gasteiger partial charge in [-0.25, -0.2) is 16.8 Å². The molecule has 0 unspecified atom stereocenters. The molecule has 5 aromatic carbocycles. The van der Waals surface area contributed by atoms with Crippen LogP contribution in [0.15, 0.2) is 126 Å². The van der Waals surface area contributed by atoms with Crippen LogP contribution in [0.3, 0.4) is 0 Å². The zero-order valence-corrected chi connectivity index (χ0v) is 36.0. The number of Topliss-reactive ketones (excluding diaryl/α,β-unsaturated/α-hetero) is 1. The van der Waals surface area contributed by atoms with E-state index in [1.54, 1.807) is 73.7 Å². The number of para-hydroxylation sites is 1. The van der Waals surface area contributed by atoms with E-state index in [-0.39, 0.29) is 64.8 Å². The summed E-state index contributed by atoms with van der Waals surface area (Å²) in [6, 6.07) is 24.5. The summed E-state index contributed by atoms with van der Waals surface area (Å²) in [4.78, 5) is 11.6. The maximum Gasteiger partial charge on any atom is 1.00 e. The number of aryl methyl sites for hydroxylation is 2. The predicted octanol–water partition coefficient (Wildman–Crippen LogP) is 1.01. The Morgan fingerprint density at radius 1 is 0.661 bits per heavy atom. The number of fused-ring (bicyclic) bond motifs is 1. The average molecular weight is 810 g/mol. The molecule has 1 aliphatic carbocycles. The number of rotatable bonds is 9. The SMILES string of the molecule is Cc1cc(-c2ccc(N=Nc3c(S(=O)(=O)[O-])cc4c(c3N)C(=O)/C(=N/Nc3ccccc3)C(S(=O)(=O)[O-])=C4)c(C)c2)ccc1N=Nc1ccc(N)cc1N.[Na+].[Na+]. The zero-order chi connectivity index (χ0) is 38.9. The number of carbonyl (C=O) groups is 1. The molecule has 0 saturated heterocycles. The van der Waals surface area contributed by atoms with Gasteiger partial charge in [0, 0.05) is 5.69 Å². The molecule has 0 bridgehead atoms. The Labute approximate surface area is 366 Å². The molecule has 56 heavy (non-hydrogen) atoms. The quantitative estimate of drug-likeness (QED) is 0.0536. The Morgan fingerprint density at radius 3 is 1.75 bits per heavy atom. The number of nitrogens with zero attached hydrogens (tertiary/aromatic N) is 5. The number of hydrogen-bond donors (Lipinski definition) is 4. The first-order valence-corrected chi connectivity index (χ1v) is 18.6. The van der Waals surface area contributed by atoms with Crippen LogP contribution < -0.4 is 81.7 Å². The van der Waals surface area contributed by atoms with Crippen LogP contribution in [-0.4, -0.2) is 37.4 Å². The van der Waals surface area contributed by atoms with E-state index in [1.165, 1.54) is 0 Å². The number of allylic oxidation sites excluding steroid dienone is 1. The van der Waals surface area contributed by atoms with Crippen molar-refractivity contribution < 1.29 is 89.9 Å². The van der Waals surface area contributed by atoms with E-state index in [4.69, 9.17) is 17.2 Å². The number of benzene rings is 5. The van der Waals surface area contributed by atoms with Gasteiger partial charge in [-0.05, 0) is 108 Å². The molecule has 274 valence electrons. The molecule has 0 radical (unpaired) electrons. The van der Waals surface area contributed by atoms with Crippen LogP contribution in [0.5, 0.6) is 0 Å². The van der Waals surface area contributed by atoms with E-state index >= 15 is 0 Å². The second-order valence-electron chi connectivity index (χ2n) is 12.0. The minimum absolute atomic E-state index is 0. The molecular formula is C36H29N9Na2O7S2. The summed E-state index contributed by atoms with van der Waals surface area (Å²) < 4.78 is 73.7. The van der Waals surface area contributed by atoms with E-state index in [1.807, 2.05) is 25.1 Å². The molecule has 16 nitrogen and oxygen atoms in total. The maximum absolute atomic E-state index is 13.7. The smallest absolute Gasteiger partial charge is 0.744 e. The first-order chi connectivity index (χ1) is 25.5. The van der Waals surface area contributed by atoms with Crippen molar-refractivity contribution in [1.82, 2.24) is 0 Å². The van der Waals surface area contributed by atoms with Crippen molar-refractivity contribution >= 4 is 83.3 Å². The van der Waals surface area contributed by atoms with Gasteiger partial charge in [0.25, 0.3) is 0 Å². The van der Waals surface area contributed by atoms with Crippen LogP contribution in [-0.2, 0) is 20.2 Å². The number of ketones is 1. The second-order valence-corrected chi connectivity index (χ2v) is 14.7. The topological polar surface area (TPSA) is 283 Å². The molecule has 1 aliphatic rings. The van der Waals surface area contributed by atoms with Crippen LogP contribution in [0.1, 0.15) is 27.0 Å². The molecule has 0 aliphatic heterocycles. The summed E-state index contributed by atoms with van der Waals surface area (Å²) in [7, 11) is -10.7. The predicted molar refractivity (Wildman–Crippen MR) is 203 cm³/mol. The number of anilines is 4. The van der Waals surface area contributed by atoms with Crippen LogP contribution in [0, 0.1) is 13.8 Å². The van der Waals surface area contributed by atoms with Crippen molar-refractivity contribution in [2.45, 2.75) is 18.7 Å². The van der Waals surface area contributed by atoms with Gasteiger partial charge in [0.05, 0.1) is 43.8 Å². The minimum atomic E-state index is -5.33. The normalized spacial score (nSPS) is 13.6. The Balaban J connectivity index is 0.00000348. The van der Waals surface area contributed by atoms with Gasteiger partial charge in [-0.3, -0.25) is 10.2 Å². The summed E-state index contributed by atoms with van der Waals surface area (Å²) in [5.41, 5.74) is 23.3. The van der Waals surface area contributed by atoms with Crippen molar-refractivity contribution in [1.29, 1.82) is 0 Å². The maximum atomic E-state index is 13.7. The summed E-state index contributed by atoms with van der Waals surface area (Å²) in [6.45, 7) is 3.60. The van der Waals surface area contributed by atoms with Crippen LogP contribution in [0.2, 0.25) is 0 Å². The van der Waals surface area contributed by atoms with Gasteiger partial charge in [0.1, 0.15) is 37.3 Å². The molecule has 5 aromatic rings. The second kappa shape index (κ2) is 17.7. The Hall–Kier alpha value is -4.60. The molecule has 20 heteroatoms. The monoisotopic (exact) mass is 809 g/mol. The Bertz CT molecular complexity index is 2730. The molecule has 0 spiro atoms. The van der Waals surface area contributed by atoms with Gasteiger partial charge < -0.3 is 26.3 Å². The summed E-state index contributed by atoms with van der Waals surface area (Å²) >= 11 is 0. The van der Waals surface area contributed by atoms with Crippen LogP contribution in [0.4, 0.5) is 45.5 Å². The van der Waals surface area contributed by atoms with Crippen molar-refractivity contribution in [3.05, 3.63) is 118 Å². The van der Waals surface area contributed by atoms with E-state index < -0.39 is 64.0 Å². The molecule has 0 atom stereocenters. The number of carbonyl (C=O) groups excluding carboxylic acids is 1. The fourth-order valence-corrected chi connectivity index (χ4v) is 6.79. The number of nitrogens with one attached hydrogen (secondary N) is 1. The van der Waals surface area contributed by atoms with Crippen molar-refractivity contribution in [3.63, 3.8) is 0 Å². The third kappa shape index (κ3) is 9.67. The minimum Gasteiger partial charge on any atom is -0.744 e. The van der Waals surface area contributed by atoms with Crippen molar-refractivity contribution in [2.75, 3.05) is 22.6 Å². The first kappa shape index (κ1) is 44.1.